The Morgan fingerprint density at radius 2 is 2.64 bits per heavy atom. The highest BCUT2D eigenvalue weighted by molar-refractivity contribution is 6.08. The number of rotatable bonds is 2. The van der Waals surface area contributed by atoms with Gasteiger partial charge >= 0.3 is 0 Å². The summed E-state index contributed by atoms with van der Waals surface area (Å²) in [5.74, 6) is 0. The van der Waals surface area contributed by atoms with Crippen molar-refractivity contribution >= 4 is 11.8 Å². The molecule has 0 spiro atoms. The van der Waals surface area contributed by atoms with Crippen molar-refractivity contribution < 1.29 is 0 Å². The van der Waals surface area contributed by atoms with E-state index in [1.54, 1.807) is 19.5 Å². The molecule has 4 nitrogen and oxygen atoms in total. The monoisotopic (exact) mass is 150 g/mol. The fourth-order valence-electron chi connectivity index (χ4n) is 0.758. The lowest BCUT2D eigenvalue weighted by molar-refractivity contribution is 1.08. The molecule has 0 atom stereocenters. The first-order chi connectivity index (χ1) is 5.38. The third kappa shape index (κ3) is 1.67. The van der Waals surface area contributed by atoms with E-state index in [0.717, 1.165) is 11.3 Å². The maximum atomic E-state index is 5.35. The van der Waals surface area contributed by atoms with Gasteiger partial charge in [-0.3, -0.25) is 10.1 Å². The molecular weight excluding hydrogens is 140 g/mol. The van der Waals surface area contributed by atoms with E-state index in [0.29, 0.717) is 0 Å². The number of H-pyrrole nitrogens is 1. The Kier molecular flexibility index (Phi) is 2.43. The minimum Gasteiger partial charge on any atom is -0.404 e. The third-order valence-electron chi connectivity index (χ3n) is 1.26. The largest absolute Gasteiger partial charge is 0.404 e. The van der Waals surface area contributed by atoms with Crippen molar-refractivity contribution in [2.45, 2.75) is 0 Å². The van der Waals surface area contributed by atoms with Gasteiger partial charge in [0.15, 0.2) is 0 Å². The van der Waals surface area contributed by atoms with Crippen LogP contribution >= 0.6 is 0 Å². The zero-order valence-electron chi connectivity index (χ0n) is 6.28. The molecule has 0 amide bonds. The molecule has 0 saturated carbocycles. The van der Waals surface area contributed by atoms with Gasteiger partial charge in [0.2, 0.25) is 0 Å². The number of nitrogens with two attached hydrogens (primary N) is 1. The van der Waals surface area contributed by atoms with Crippen LogP contribution in [-0.4, -0.2) is 23.5 Å². The zero-order valence-corrected chi connectivity index (χ0v) is 6.28. The van der Waals surface area contributed by atoms with Gasteiger partial charge in [0.1, 0.15) is 0 Å². The molecule has 0 aliphatic rings. The highest BCUT2D eigenvalue weighted by Crippen LogP contribution is 2.05. The average Bonchev–Trinajstić information content (AvgIpc) is 2.52. The first-order valence-electron chi connectivity index (χ1n) is 3.22. The van der Waals surface area contributed by atoms with E-state index in [9.17, 15) is 0 Å². The lowest BCUT2D eigenvalue weighted by Crippen LogP contribution is -1.91. The number of aliphatic imine (C=N–C) groups is 1. The summed E-state index contributed by atoms with van der Waals surface area (Å²) >= 11 is 0. The molecule has 11 heavy (non-hydrogen) atoms. The van der Waals surface area contributed by atoms with Gasteiger partial charge in [0.05, 0.1) is 5.69 Å². The smallest absolute Gasteiger partial charge is 0.0679 e. The maximum absolute atomic E-state index is 5.35. The molecular formula is C7H10N4. The molecule has 0 radical (unpaired) electrons. The van der Waals surface area contributed by atoms with Gasteiger partial charge in [-0.2, -0.15) is 5.10 Å². The summed E-state index contributed by atoms with van der Waals surface area (Å²) in [4.78, 5) is 3.84. The van der Waals surface area contributed by atoms with Crippen molar-refractivity contribution in [3.8, 4) is 0 Å². The van der Waals surface area contributed by atoms with Gasteiger partial charge in [-0.25, -0.2) is 0 Å². The van der Waals surface area contributed by atoms with Crippen LogP contribution in [0.2, 0.25) is 0 Å². The lowest BCUT2D eigenvalue weighted by Gasteiger charge is -1.92. The molecule has 0 saturated heterocycles. The molecule has 0 aromatic carbocycles. The van der Waals surface area contributed by atoms with Gasteiger partial charge < -0.3 is 5.73 Å². The summed E-state index contributed by atoms with van der Waals surface area (Å²) in [6.07, 6.45) is 4.83. The maximum Gasteiger partial charge on any atom is 0.0679 e. The van der Waals surface area contributed by atoms with Gasteiger partial charge in [0, 0.05) is 31.2 Å². The van der Waals surface area contributed by atoms with Crippen LogP contribution in [-0.2, 0) is 0 Å². The fraction of sp³-hybridized carbons (Fsp3) is 0.143. The molecule has 4 heteroatoms. The summed E-state index contributed by atoms with van der Waals surface area (Å²) in [6, 6.07) is 1.83. The molecule has 3 N–H and O–H groups in total. The molecule has 0 aliphatic heterocycles. The second kappa shape index (κ2) is 3.55. The average molecular weight is 150 g/mol. The van der Waals surface area contributed by atoms with Crippen molar-refractivity contribution in [3.63, 3.8) is 0 Å². The molecule has 58 valence electrons. The number of aromatic nitrogens is 2. The van der Waals surface area contributed by atoms with Crippen molar-refractivity contribution in [2.24, 2.45) is 10.7 Å². The van der Waals surface area contributed by atoms with Crippen LogP contribution in [0, 0.1) is 0 Å². The van der Waals surface area contributed by atoms with Crippen LogP contribution in [0.15, 0.2) is 23.5 Å². The van der Waals surface area contributed by atoms with Gasteiger partial charge in [0.25, 0.3) is 0 Å². The summed E-state index contributed by atoms with van der Waals surface area (Å²) in [7, 11) is 1.69. The first kappa shape index (κ1) is 7.53. The molecule has 0 fully saturated rings. The molecule has 1 rings (SSSR count). The highest BCUT2D eigenvalue weighted by Gasteiger charge is 1.96. The van der Waals surface area contributed by atoms with Gasteiger partial charge in [-0.05, 0) is 6.07 Å². The van der Waals surface area contributed by atoms with Crippen molar-refractivity contribution in [2.75, 3.05) is 7.05 Å². The molecule has 0 bridgehead atoms. The number of nitrogens with one attached hydrogen (secondary N) is 1. The van der Waals surface area contributed by atoms with Crippen LogP contribution in [0.4, 0.5) is 0 Å². The number of aromatic amines is 1. The predicted molar refractivity (Wildman–Crippen MR) is 45.2 cm³/mol. The van der Waals surface area contributed by atoms with E-state index in [-0.39, 0.29) is 0 Å². The minimum atomic E-state index is 0.838. The Bertz CT molecular complexity index is 258. The molecule has 0 unspecified atom stereocenters. The van der Waals surface area contributed by atoms with Gasteiger partial charge in [-0.15, -0.1) is 0 Å². The number of hydrogen-bond donors (Lipinski definition) is 2. The molecule has 1 heterocycles. The highest BCUT2D eigenvalue weighted by atomic mass is 15.1. The van der Waals surface area contributed by atoms with Crippen LogP contribution in [0.25, 0.3) is 5.57 Å². The Balaban J connectivity index is 2.89. The van der Waals surface area contributed by atoms with Crippen molar-refractivity contribution in [1.82, 2.24) is 10.2 Å². The normalized spacial score (nSPS) is 12.6. The second-order valence-corrected chi connectivity index (χ2v) is 1.98. The summed E-state index contributed by atoms with van der Waals surface area (Å²) < 4.78 is 0. The standard InChI is InChI=1S/C7H10N4/c1-9-5-6(4-8)7-2-3-10-11-7/h2-5H,8H2,1H3,(H,10,11). The van der Waals surface area contributed by atoms with E-state index in [1.165, 1.54) is 6.20 Å². The van der Waals surface area contributed by atoms with E-state index in [1.807, 2.05) is 6.07 Å². The number of nitrogens with zero attached hydrogens (tertiary/aromatic N) is 2. The number of allylic oxidation sites excluding steroid dienone is 1. The van der Waals surface area contributed by atoms with E-state index >= 15 is 0 Å². The molecule has 1 aromatic heterocycles. The van der Waals surface area contributed by atoms with Crippen molar-refractivity contribution in [1.29, 1.82) is 0 Å². The minimum absolute atomic E-state index is 0.838. The Labute approximate surface area is 64.8 Å². The van der Waals surface area contributed by atoms with Gasteiger partial charge in [-0.1, -0.05) is 0 Å². The van der Waals surface area contributed by atoms with Crippen molar-refractivity contribution in [3.05, 3.63) is 24.2 Å². The second-order valence-electron chi connectivity index (χ2n) is 1.98. The fourth-order valence-corrected chi connectivity index (χ4v) is 0.758. The van der Waals surface area contributed by atoms with E-state index in [4.69, 9.17) is 5.73 Å². The number of hydrogen-bond acceptors (Lipinski definition) is 3. The Morgan fingerprint density at radius 3 is 3.09 bits per heavy atom. The van der Waals surface area contributed by atoms with Crippen LogP contribution in [0.1, 0.15) is 5.69 Å². The van der Waals surface area contributed by atoms with Crippen LogP contribution in [0.5, 0.6) is 0 Å². The Hall–Kier alpha value is -1.58. The Morgan fingerprint density at radius 1 is 1.82 bits per heavy atom. The lowest BCUT2D eigenvalue weighted by atomic mass is 10.2. The SMILES string of the molecule is CN=CC(=CN)c1ccn[nH]1. The zero-order chi connectivity index (χ0) is 8.10. The summed E-state index contributed by atoms with van der Waals surface area (Å²) in [5, 5.41) is 6.57. The molecule has 0 aliphatic carbocycles. The third-order valence-corrected chi connectivity index (χ3v) is 1.26. The quantitative estimate of drug-likeness (QED) is 0.599. The van der Waals surface area contributed by atoms with Crippen LogP contribution in [0.3, 0.4) is 0 Å². The topological polar surface area (TPSA) is 67.1 Å². The summed E-state index contributed by atoms with van der Waals surface area (Å²) in [6.45, 7) is 0. The predicted octanol–water partition coefficient (Wildman–Crippen LogP) is 0.410. The van der Waals surface area contributed by atoms with E-state index < -0.39 is 0 Å². The van der Waals surface area contributed by atoms with E-state index in [2.05, 4.69) is 15.2 Å². The summed E-state index contributed by atoms with van der Waals surface area (Å²) in [5.41, 5.74) is 7.06. The molecule has 1 aromatic rings. The van der Waals surface area contributed by atoms with Crippen LogP contribution < -0.4 is 5.73 Å². The first-order valence-corrected chi connectivity index (χ1v) is 3.22.